The Bertz CT molecular complexity index is 1060. The Balaban J connectivity index is 1.64. The van der Waals surface area contributed by atoms with Crippen molar-refractivity contribution in [3.8, 4) is 10.6 Å². The van der Waals surface area contributed by atoms with Crippen molar-refractivity contribution >= 4 is 40.2 Å². The summed E-state index contributed by atoms with van der Waals surface area (Å²) >= 11 is 1.51. The second kappa shape index (κ2) is 10.7. The average Bonchev–Trinajstić information content (AvgIpc) is 3.44. The average molecular weight is 445 g/mol. The van der Waals surface area contributed by atoms with Gasteiger partial charge in [0, 0.05) is 19.5 Å². The quantitative estimate of drug-likeness (QED) is 0.378. The first-order valence-electron chi connectivity index (χ1n) is 10.0. The summed E-state index contributed by atoms with van der Waals surface area (Å²) in [5.74, 6) is -1.37. The number of hydrogen-bond donors (Lipinski definition) is 1. The molecule has 0 aliphatic heterocycles. The first-order chi connectivity index (χ1) is 15.0. The summed E-state index contributed by atoms with van der Waals surface area (Å²) < 4.78 is 11.8. The lowest BCUT2D eigenvalue weighted by Gasteiger charge is -2.09. The maximum absolute atomic E-state index is 12.7. The first kappa shape index (κ1) is 22.4. The van der Waals surface area contributed by atoms with E-state index in [0.29, 0.717) is 48.4 Å². The Morgan fingerprint density at radius 2 is 2.06 bits per heavy atom. The molecule has 0 saturated carbocycles. The van der Waals surface area contributed by atoms with E-state index >= 15 is 0 Å². The molecule has 9 nitrogen and oxygen atoms in total. The fourth-order valence-corrected chi connectivity index (χ4v) is 3.64. The molecule has 0 bridgehead atoms. The van der Waals surface area contributed by atoms with Gasteiger partial charge in [-0.25, -0.2) is 14.5 Å². The summed E-state index contributed by atoms with van der Waals surface area (Å²) in [4.78, 5) is 41.6. The van der Waals surface area contributed by atoms with Crippen LogP contribution in [0, 0.1) is 0 Å². The van der Waals surface area contributed by atoms with Crippen LogP contribution in [0.3, 0.4) is 0 Å². The number of carbonyl (C=O) groups is 3. The molecule has 0 fully saturated rings. The molecule has 164 valence electrons. The van der Waals surface area contributed by atoms with Gasteiger partial charge in [-0.2, -0.15) is 5.10 Å². The van der Waals surface area contributed by atoms with Gasteiger partial charge in [0.15, 0.2) is 12.3 Å². The van der Waals surface area contributed by atoms with E-state index in [1.807, 2.05) is 24.4 Å². The van der Waals surface area contributed by atoms with Crippen LogP contribution in [0.25, 0.3) is 21.6 Å². The van der Waals surface area contributed by atoms with Crippen molar-refractivity contribution in [3.63, 3.8) is 0 Å². The van der Waals surface area contributed by atoms with E-state index in [-0.39, 0.29) is 12.4 Å². The lowest BCUT2D eigenvalue weighted by atomic mass is 10.1. The van der Waals surface area contributed by atoms with Crippen LogP contribution < -0.4 is 5.32 Å². The van der Waals surface area contributed by atoms with E-state index < -0.39 is 18.5 Å². The number of ether oxygens (including phenoxy) is 2. The van der Waals surface area contributed by atoms with E-state index in [4.69, 9.17) is 9.47 Å². The summed E-state index contributed by atoms with van der Waals surface area (Å²) in [7, 11) is 0. The van der Waals surface area contributed by atoms with Crippen LogP contribution in [0.4, 0.5) is 0 Å². The van der Waals surface area contributed by atoms with E-state index in [0.717, 1.165) is 4.88 Å². The molecule has 0 radical (unpaired) electrons. The van der Waals surface area contributed by atoms with Crippen molar-refractivity contribution in [2.24, 2.45) is 0 Å². The molecule has 3 aromatic heterocycles. The van der Waals surface area contributed by atoms with Gasteiger partial charge in [-0.15, -0.1) is 11.3 Å². The van der Waals surface area contributed by atoms with Crippen molar-refractivity contribution in [1.82, 2.24) is 20.1 Å². The highest BCUT2D eigenvalue weighted by Gasteiger charge is 2.19. The molecule has 0 unspecified atom stereocenters. The van der Waals surface area contributed by atoms with Crippen LogP contribution in [0.15, 0.2) is 29.8 Å². The molecular weight excluding hydrogens is 420 g/mol. The minimum atomic E-state index is -0.623. The Hall–Kier alpha value is -3.27. The second-order valence-electron chi connectivity index (χ2n) is 6.56. The van der Waals surface area contributed by atoms with Gasteiger partial charge in [0.05, 0.1) is 34.3 Å². The molecular formula is C21H24N4O5S. The largest absolute Gasteiger partial charge is 0.466 e. The fraction of sp³-hybridized carbons (Fsp3) is 0.381. The number of aryl methyl sites for hydroxylation is 1. The summed E-state index contributed by atoms with van der Waals surface area (Å²) in [6, 6.07) is 5.49. The summed E-state index contributed by atoms with van der Waals surface area (Å²) in [5, 5.41) is 9.41. The highest BCUT2D eigenvalue weighted by molar-refractivity contribution is 7.13. The van der Waals surface area contributed by atoms with Crippen molar-refractivity contribution in [2.45, 2.75) is 33.2 Å². The third-order valence-corrected chi connectivity index (χ3v) is 5.31. The molecule has 10 heteroatoms. The summed E-state index contributed by atoms with van der Waals surface area (Å²) in [6.45, 7) is 4.48. The molecule has 3 heterocycles. The number of nitrogens with zero attached hydrogens (tertiary/aromatic N) is 3. The number of rotatable bonds is 10. The predicted molar refractivity (Wildman–Crippen MR) is 116 cm³/mol. The van der Waals surface area contributed by atoms with Crippen molar-refractivity contribution in [2.75, 3.05) is 19.8 Å². The number of fused-ring (bicyclic) bond motifs is 1. The minimum Gasteiger partial charge on any atom is -0.466 e. The molecule has 1 N–H and O–H groups in total. The number of hydrogen-bond acceptors (Lipinski definition) is 8. The number of pyridine rings is 1. The lowest BCUT2D eigenvalue weighted by Crippen LogP contribution is -2.30. The van der Waals surface area contributed by atoms with E-state index in [9.17, 15) is 14.4 Å². The molecule has 0 atom stereocenters. The molecule has 0 aliphatic carbocycles. The lowest BCUT2D eigenvalue weighted by molar-refractivity contribution is -0.143. The zero-order valence-corrected chi connectivity index (χ0v) is 18.2. The standard InChI is InChI=1S/C21H24N4O5S/c1-3-25-20-15(12-23-25)14(11-16(24-20)17-7-6-10-31-17)21(28)30-13-18(26)22-9-5-8-19(27)29-4-2/h6-7,10-12H,3-5,8-9,13H2,1-2H3,(H,22,26). The maximum Gasteiger partial charge on any atom is 0.339 e. The van der Waals surface area contributed by atoms with Gasteiger partial charge in [0.1, 0.15) is 0 Å². The van der Waals surface area contributed by atoms with Crippen LogP contribution in [0.5, 0.6) is 0 Å². The van der Waals surface area contributed by atoms with Crippen molar-refractivity contribution in [1.29, 1.82) is 0 Å². The molecule has 0 aliphatic rings. The zero-order chi connectivity index (χ0) is 22.2. The predicted octanol–water partition coefficient (Wildman–Crippen LogP) is 2.80. The van der Waals surface area contributed by atoms with Crippen LogP contribution >= 0.6 is 11.3 Å². The van der Waals surface area contributed by atoms with Gasteiger partial charge in [-0.3, -0.25) is 9.59 Å². The van der Waals surface area contributed by atoms with Gasteiger partial charge in [-0.05, 0) is 37.8 Å². The SMILES string of the molecule is CCOC(=O)CCCNC(=O)COC(=O)c1cc(-c2cccs2)nc2c1cnn2CC. The van der Waals surface area contributed by atoms with Crippen LogP contribution in [0.1, 0.15) is 37.0 Å². The maximum atomic E-state index is 12.7. The number of thiophene rings is 1. The number of amides is 1. The van der Waals surface area contributed by atoms with Gasteiger partial charge in [0.25, 0.3) is 5.91 Å². The van der Waals surface area contributed by atoms with E-state index in [2.05, 4.69) is 15.4 Å². The molecule has 3 aromatic rings. The molecule has 0 spiro atoms. The van der Waals surface area contributed by atoms with Gasteiger partial charge >= 0.3 is 11.9 Å². The summed E-state index contributed by atoms with van der Waals surface area (Å²) in [6.07, 6.45) is 2.25. The van der Waals surface area contributed by atoms with Gasteiger partial charge < -0.3 is 14.8 Å². The summed E-state index contributed by atoms with van der Waals surface area (Å²) in [5.41, 5.74) is 1.54. The zero-order valence-electron chi connectivity index (χ0n) is 17.4. The number of esters is 2. The number of aromatic nitrogens is 3. The third kappa shape index (κ3) is 5.66. The third-order valence-electron chi connectivity index (χ3n) is 4.42. The molecule has 0 aromatic carbocycles. The number of carbonyl (C=O) groups excluding carboxylic acids is 3. The molecule has 3 rings (SSSR count). The Labute approximate surface area is 183 Å². The van der Waals surface area contributed by atoms with E-state index in [1.54, 1.807) is 23.9 Å². The minimum absolute atomic E-state index is 0.218. The van der Waals surface area contributed by atoms with Gasteiger partial charge in [-0.1, -0.05) is 6.07 Å². The highest BCUT2D eigenvalue weighted by atomic mass is 32.1. The Morgan fingerprint density at radius 3 is 2.77 bits per heavy atom. The highest BCUT2D eigenvalue weighted by Crippen LogP contribution is 2.28. The first-order valence-corrected chi connectivity index (χ1v) is 10.9. The van der Waals surface area contributed by atoms with Crippen LogP contribution in [-0.4, -0.2) is 52.4 Å². The van der Waals surface area contributed by atoms with Crippen LogP contribution in [-0.2, 0) is 25.6 Å². The van der Waals surface area contributed by atoms with Gasteiger partial charge in [0.2, 0.25) is 0 Å². The topological polar surface area (TPSA) is 112 Å². The van der Waals surface area contributed by atoms with Crippen LogP contribution in [0.2, 0.25) is 0 Å². The monoisotopic (exact) mass is 444 g/mol. The number of nitrogens with one attached hydrogen (secondary N) is 1. The molecule has 1 amide bonds. The molecule has 0 saturated heterocycles. The Morgan fingerprint density at radius 1 is 1.23 bits per heavy atom. The van der Waals surface area contributed by atoms with Crippen molar-refractivity contribution in [3.05, 3.63) is 35.3 Å². The van der Waals surface area contributed by atoms with Crippen molar-refractivity contribution < 1.29 is 23.9 Å². The Kier molecular flexibility index (Phi) is 7.71. The van der Waals surface area contributed by atoms with E-state index in [1.165, 1.54) is 11.3 Å². The second-order valence-corrected chi connectivity index (χ2v) is 7.51. The smallest absolute Gasteiger partial charge is 0.339 e. The normalized spacial score (nSPS) is 10.8. The molecule has 31 heavy (non-hydrogen) atoms. The fourth-order valence-electron chi connectivity index (χ4n) is 2.95.